The summed E-state index contributed by atoms with van der Waals surface area (Å²) in [5.41, 5.74) is 1.33. The Labute approximate surface area is 94.5 Å². The van der Waals surface area contributed by atoms with Crippen LogP contribution in [0.5, 0.6) is 0 Å². The molecule has 2 heterocycles. The smallest absolute Gasteiger partial charge is 0.0673 e. The van der Waals surface area contributed by atoms with Crippen LogP contribution in [0.15, 0.2) is 0 Å². The first-order valence-corrected chi connectivity index (χ1v) is 3.19. The van der Waals surface area contributed by atoms with Crippen LogP contribution in [0.2, 0.25) is 0 Å². The molecular weight excluding hydrogens is 231 g/mol. The third kappa shape index (κ3) is 1.52. The summed E-state index contributed by atoms with van der Waals surface area (Å²) in [6.07, 6.45) is 2.73. The molecule has 0 saturated heterocycles. The van der Waals surface area contributed by atoms with Crippen LogP contribution in [0.3, 0.4) is 0 Å². The average Bonchev–Trinajstić information content (AvgIpc) is 2.33. The second-order valence-corrected chi connectivity index (χ2v) is 2.27. The van der Waals surface area contributed by atoms with E-state index >= 15 is 0 Å². The molecule has 2 aromatic heterocycles. The molecule has 0 saturated carbocycles. The molecule has 0 unspecified atom stereocenters. The van der Waals surface area contributed by atoms with Crippen molar-refractivity contribution in [2.75, 3.05) is 0 Å². The van der Waals surface area contributed by atoms with Crippen LogP contribution in [0, 0.1) is 13.1 Å². The Hall–Kier alpha value is -0.416. The summed E-state index contributed by atoms with van der Waals surface area (Å²) in [7, 11) is 1.79. The predicted octanol–water partition coefficient (Wildman–Crippen LogP) is -0.136. The molecule has 0 atom stereocenters. The zero-order valence-electron chi connectivity index (χ0n) is 6.81. The van der Waals surface area contributed by atoms with Crippen LogP contribution in [0.1, 0.15) is 5.82 Å². The molecule has 0 aliphatic carbocycles. The van der Waals surface area contributed by atoms with E-state index in [1.54, 1.807) is 11.7 Å². The molecular formula is C6H6N5Y-. The molecule has 0 spiro atoms. The summed E-state index contributed by atoms with van der Waals surface area (Å²) < 4.78 is 1.60. The van der Waals surface area contributed by atoms with Crippen LogP contribution in [-0.2, 0) is 39.8 Å². The third-order valence-electron chi connectivity index (χ3n) is 1.39. The van der Waals surface area contributed by atoms with E-state index in [9.17, 15) is 0 Å². The predicted molar refractivity (Wildman–Crippen MR) is 37.7 cm³/mol. The van der Waals surface area contributed by atoms with Gasteiger partial charge in [-0.1, -0.05) is 12.1 Å². The van der Waals surface area contributed by atoms with Crippen molar-refractivity contribution in [3.05, 3.63) is 12.0 Å². The van der Waals surface area contributed by atoms with E-state index in [1.807, 2.05) is 6.92 Å². The molecule has 12 heavy (non-hydrogen) atoms. The normalized spacial score (nSPS) is 9.83. The van der Waals surface area contributed by atoms with Gasteiger partial charge in [-0.05, 0) is 6.20 Å². The van der Waals surface area contributed by atoms with Crippen molar-refractivity contribution in [1.29, 1.82) is 0 Å². The summed E-state index contributed by atoms with van der Waals surface area (Å²) in [5, 5.41) is 7.56. The first-order valence-electron chi connectivity index (χ1n) is 3.19. The molecule has 0 aromatic carbocycles. The molecule has 59 valence electrons. The van der Waals surface area contributed by atoms with E-state index in [0.29, 0.717) is 11.3 Å². The number of aromatic nitrogens is 5. The fourth-order valence-electron chi connectivity index (χ4n) is 0.862. The van der Waals surface area contributed by atoms with Crippen LogP contribution >= 0.6 is 0 Å². The van der Waals surface area contributed by atoms with Gasteiger partial charge in [0.15, 0.2) is 0 Å². The van der Waals surface area contributed by atoms with Crippen LogP contribution < -0.4 is 0 Å². The summed E-state index contributed by atoms with van der Waals surface area (Å²) in [6.45, 7) is 1.81. The largest absolute Gasteiger partial charge is 0.371 e. The summed E-state index contributed by atoms with van der Waals surface area (Å²) in [6, 6.07) is 0. The number of hydrogen-bond donors (Lipinski definition) is 0. The van der Waals surface area contributed by atoms with Gasteiger partial charge in [-0.3, -0.25) is 4.68 Å². The SMILES string of the molecule is Cc1n[c-]c2nnn(C)c2n1.[Y]. The Bertz CT molecular complexity index is 396. The topological polar surface area (TPSA) is 56.5 Å². The van der Waals surface area contributed by atoms with Gasteiger partial charge >= 0.3 is 0 Å². The van der Waals surface area contributed by atoms with Crippen molar-refractivity contribution < 1.29 is 32.7 Å². The molecule has 1 radical (unpaired) electrons. The molecule has 2 rings (SSSR count). The van der Waals surface area contributed by atoms with Gasteiger partial charge < -0.3 is 9.97 Å². The van der Waals surface area contributed by atoms with Crippen molar-refractivity contribution in [3.63, 3.8) is 0 Å². The fourth-order valence-corrected chi connectivity index (χ4v) is 0.862. The molecule has 5 nitrogen and oxygen atoms in total. The maximum Gasteiger partial charge on any atom is 0.0673 e. The molecule has 0 bridgehead atoms. The second-order valence-electron chi connectivity index (χ2n) is 2.27. The molecule has 0 fully saturated rings. The van der Waals surface area contributed by atoms with E-state index in [-0.39, 0.29) is 32.7 Å². The van der Waals surface area contributed by atoms with E-state index in [4.69, 9.17) is 0 Å². The van der Waals surface area contributed by atoms with Gasteiger partial charge in [0.1, 0.15) is 0 Å². The van der Waals surface area contributed by atoms with E-state index in [0.717, 1.165) is 5.65 Å². The van der Waals surface area contributed by atoms with Gasteiger partial charge in [0.2, 0.25) is 0 Å². The Morgan fingerprint density at radius 2 is 2.17 bits per heavy atom. The number of rotatable bonds is 0. The number of hydrogen-bond acceptors (Lipinski definition) is 4. The van der Waals surface area contributed by atoms with E-state index < -0.39 is 0 Å². The average molecular weight is 237 g/mol. The zero-order chi connectivity index (χ0) is 7.84. The summed E-state index contributed by atoms with van der Waals surface area (Å²) >= 11 is 0. The maximum atomic E-state index is 4.13. The molecule has 0 amide bonds. The maximum absolute atomic E-state index is 4.13. The van der Waals surface area contributed by atoms with Gasteiger partial charge in [-0.15, -0.1) is 0 Å². The molecule has 0 aliphatic heterocycles. The number of fused-ring (bicyclic) bond motifs is 1. The van der Waals surface area contributed by atoms with Gasteiger partial charge in [-0.25, -0.2) is 0 Å². The Kier molecular flexibility index (Phi) is 2.85. The number of aryl methyl sites for hydroxylation is 2. The monoisotopic (exact) mass is 237 g/mol. The Balaban J connectivity index is 0.000000720. The van der Waals surface area contributed by atoms with Gasteiger partial charge in [0, 0.05) is 51.1 Å². The van der Waals surface area contributed by atoms with Crippen LogP contribution in [-0.4, -0.2) is 25.0 Å². The molecule has 6 heteroatoms. The minimum Gasteiger partial charge on any atom is -0.371 e. The van der Waals surface area contributed by atoms with E-state index in [2.05, 4.69) is 26.5 Å². The van der Waals surface area contributed by atoms with Crippen molar-refractivity contribution in [3.8, 4) is 0 Å². The Morgan fingerprint density at radius 3 is 2.92 bits per heavy atom. The Morgan fingerprint density at radius 1 is 1.42 bits per heavy atom. The van der Waals surface area contributed by atoms with Crippen molar-refractivity contribution >= 4 is 11.2 Å². The van der Waals surface area contributed by atoms with Crippen LogP contribution in [0.25, 0.3) is 11.2 Å². The zero-order valence-corrected chi connectivity index (χ0v) is 9.65. The van der Waals surface area contributed by atoms with Crippen molar-refractivity contribution in [1.82, 2.24) is 25.0 Å². The fraction of sp³-hybridized carbons (Fsp3) is 0.333. The van der Waals surface area contributed by atoms with Crippen molar-refractivity contribution in [2.45, 2.75) is 6.92 Å². The second kappa shape index (κ2) is 3.53. The molecule has 0 N–H and O–H groups in total. The summed E-state index contributed by atoms with van der Waals surface area (Å²) in [5.74, 6) is 0.683. The molecule has 2 aromatic rings. The first-order chi connectivity index (χ1) is 5.27. The minimum atomic E-state index is 0. The quantitative estimate of drug-likeness (QED) is 0.598. The molecule has 0 aliphatic rings. The van der Waals surface area contributed by atoms with Crippen molar-refractivity contribution in [2.24, 2.45) is 7.05 Å². The van der Waals surface area contributed by atoms with Gasteiger partial charge in [0.05, 0.1) is 5.65 Å². The number of nitrogens with zero attached hydrogens (tertiary/aromatic N) is 5. The third-order valence-corrected chi connectivity index (χ3v) is 1.39. The van der Waals surface area contributed by atoms with Crippen LogP contribution in [0.4, 0.5) is 0 Å². The van der Waals surface area contributed by atoms with Gasteiger partial charge in [0.25, 0.3) is 0 Å². The van der Waals surface area contributed by atoms with E-state index in [1.165, 1.54) is 0 Å². The van der Waals surface area contributed by atoms with Gasteiger partial charge in [-0.2, -0.15) is 5.10 Å². The minimum absolute atomic E-state index is 0. The standard InChI is InChI=1S/C6H6N5.Y/c1-4-7-3-5-6(8-4)11(2)10-9-5;/h1-2H3;/q-1;. The summed E-state index contributed by atoms with van der Waals surface area (Å²) in [4.78, 5) is 8.00. The first kappa shape index (κ1) is 9.67.